The van der Waals surface area contributed by atoms with Gasteiger partial charge in [-0.3, -0.25) is 9.48 Å². The minimum atomic E-state index is -0.412. The van der Waals surface area contributed by atoms with Gasteiger partial charge in [-0.15, -0.1) is 0 Å². The van der Waals surface area contributed by atoms with Gasteiger partial charge in [-0.1, -0.05) is 41.9 Å². The third kappa shape index (κ3) is 5.66. The van der Waals surface area contributed by atoms with Crippen LogP contribution in [0, 0.1) is 19.7 Å². The van der Waals surface area contributed by atoms with E-state index in [9.17, 15) is 9.18 Å². The van der Waals surface area contributed by atoms with Gasteiger partial charge in [0.25, 0.3) is 5.91 Å². The number of amides is 1. The zero-order valence-corrected chi connectivity index (χ0v) is 21.0. The Labute approximate surface area is 210 Å². The predicted octanol–water partition coefficient (Wildman–Crippen LogP) is 6.93. The van der Waals surface area contributed by atoms with Gasteiger partial charge in [-0.2, -0.15) is 5.10 Å². The number of benzene rings is 3. The van der Waals surface area contributed by atoms with Gasteiger partial charge in [0.05, 0.1) is 11.0 Å². The fraction of sp³-hybridized carbons (Fsp3) is 0.154. The Morgan fingerprint density at radius 1 is 1.15 bits per heavy atom. The van der Waals surface area contributed by atoms with E-state index in [-0.39, 0.29) is 12.5 Å². The van der Waals surface area contributed by atoms with E-state index in [0.717, 1.165) is 22.4 Å². The number of hydrogen-bond acceptors (Lipinski definition) is 3. The monoisotopic (exact) mass is 541 g/mol. The average Bonchev–Trinajstić information content (AvgIpc) is 3.15. The van der Waals surface area contributed by atoms with E-state index in [1.165, 1.54) is 10.7 Å². The number of anilines is 1. The molecule has 0 unspecified atom stereocenters. The molecular formula is C26H22BrClFN3O2. The van der Waals surface area contributed by atoms with Gasteiger partial charge < -0.3 is 10.1 Å². The molecule has 0 fully saturated rings. The lowest BCUT2D eigenvalue weighted by molar-refractivity contribution is 0.102. The highest BCUT2D eigenvalue weighted by atomic mass is 79.9. The molecule has 1 aromatic heterocycles. The second-order valence-corrected chi connectivity index (χ2v) is 9.20. The summed E-state index contributed by atoms with van der Waals surface area (Å²) in [5, 5.41) is 7.47. The van der Waals surface area contributed by atoms with Crippen LogP contribution in [0.4, 0.5) is 10.2 Å². The molecule has 4 aromatic rings. The third-order valence-corrected chi connectivity index (χ3v) is 6.19. The van der Waals surface area contributed by atoms with Gasteiger partial charge in [0.1, 0.15) is 18.2 Å². The molecule has 5 nitrogen and oxygen atoms in total. The van der Waals surface area contributed by atoms with E-state index in [4.69, 9.17) is 16.3 Å². The first kappa shape index (κ1) is 24.0. The summed E-state index contributed by atoms with van der Waals surface area (Å²) in [6.07, 6.45) is 1.66. The maximum Gasteiger partial charge on any atom is 0.256 e. The number of nitrogens with zero attached hydrogens (tertiary/aromatic N) is 2. The van der Waals surface area contributed by atoms with Crippen LogP contribution in [0.3, 0.4) is 0 Å². The van der Waals surface area contributed by atoms with E-state index >= 15 is 0 Å². The molecule has 0 spiro atoms. The summed E-state index contributed by atoms with van der Waals surface area (Å²) in [7, 11) is 0. The maximum absolute atomic E-state index is 14.1. The molecule has 174 valence electrons. The molecular weight excluding hydrogens is 521 g/mol. The first-order chi connectivity index (χ1) is 16.3. The number of aromatic nitrogens is 2. The van der Waals surface area contributed by atoms with Crippen LogP contribution in [-0.2, 0) is 13.2 Å². The largest absolute Gasteiger partial charge is 0.489 e. The molecule has 34 heavy (non-hydrogen) atoms. The Bertz CT molecular complexity index is 1340. The highest BCUT2D eigenvalue weighted by molar-refractivity contribution is 9.10. The molecule has 0 aliphatic heterocycles. The maximum atomic E-state index is 14.1. The Hall–Kier alpha value is -3.16. The quantitative estimate of drug-likeness (QED) is 0.275. The molecule has 0 saturated carbocycles. The van der Waals surface area contributed by atoms with Crippen LogP contribution in [0.5, 0.6) is 5.75 Å². The first-order valence-electron chi connectivity index (χ1n) is 10.6. The summed E-state index contributed by atoms with van der Waals surface area (Å²) < 4.78 is 22.2. The van der Waals surface area contributed by atoms with Crippen LogP contribution in [0.15, 0.2) is 71.3 Å². The second-order valence-electron chi connectivity index (χ2n) is 7.94. The normalized spacial score (nSPS) is 10.9. The van der Waals surface area contributed by atoms with Crippen molar-refractivity contribution in [2.75, 3.05) is 5.32 Å². The van der Waals surface area contributed by atoms with Crippen LogP contribution in [0.2, 0.25) is 5.02 Å². The van der Waals surface area contributed by atoms with Crippen molar-refractivity contribution < 1.29 is 13.9 Å². The number of carbonyl (C=O) groups excluding carboxylic acids is 1. The molecule has 8 heteroatoms. The minimum absolute atomic E-state index is 0.130. The number of aryl methyl sites for hydroxylation is 2. The lowest BCUT2D eigenvalue weighted by Gasteiger charge is -2.11. The summed E-state index contributed by atoms with van der Waals surface area (Å²) >= 11 is 9.52. The van der Waals surface area contributed by atoms with Crippen molar-refractivity contribution >= 4 is 39.3 Å². The van der Waals surface area contributed by atoms with E-state index in [0.29, 0.717) is 33.0 Å². The summed E-state index contributed by atoms with van der Waals surface area (Å²) in [5.41, 5.74) is 3.84. The summed E-state index contributed by atoms with van der Waals surface area (Å²) in [4.78, 5) is 12.9. The van der Waals surface area contributed by atoms with Gasteiger partial charge in [-0.25, -0.2) is 4.39 Å². The number of carbonyl (C=O) groups is 1. The topological polar surface area (TPSA) is 56.1 Å². The molecule has 0 bridgehead atoms. The standard InChI is InChI=1S/C26H22BrClFN3O2/c1-16-9-10-17(2)24(11-16)34-15-18-5-3-6-19(12-18)26(33)30-25-21(27)14-32(31-25)13-20-22(28)7-4-8-23(20)29/h3-12,14H,13,15H2,1-2H3,(H,30,31,33). The molecule has 0 radical (unpaired) electrons. The molecule has 0 aliphatic rings. The smallest absolute Gasteiger partial charge is 0.256 e. The fourth-order valence-electron chi connectivity index (χ4n) is 3.41. The van der Waals surface area contributed by atoms with Gasteiger partial charge in [0.2, 0.25) is 0 Å². The van der Waals surface area contributed by atoms with Gasteiger partial charge >= 0.3 is 0 Å². The highest BCUT2D eigenvalue weighted by Gasteiger charge is 2.15. The van der Waals surface area contributed by atoms with Crippen LogP contribution in [-0.4, -0.2) is 15.7 Å². The van der Waals surface area contributed by atoms with Crippen LogP contribution in [0.1, 0.15) is 32.6 Å². The van der Waals surface area contributed by atoms with Crippen molar-refractivity contribution in [3.63, 3.8) is 0 Å². The van der Waals surface area contributed by atoms with Crippen molar-refractivity contribution in [1.29, 1.82) is 0 Å². The molecule has 1 amide bonds. The van der Waals surface area contributed by atoms with Gasteiger partial charge in [-0.05, 0) is 76.8 Å². The van der Waals surface area contributed by atoms with Crippen LogP contribution < -0.4 is 10.1 Å². The molecule has 1 N–H and O–H groups in total. The fourth-order valence-corrected chi connectivity index (χ4v) is 4.05. The Morgan fingerprint density at radius 3 is 2.74 bits per heavy atom. The number of hydrogen-bond donors (Lipinski definition) is 1. The molecule has 4 rings (SSSR count). The van der Waals surface area contributed by atoms with Crippen molar-refractivity contribution in [3.05, 3.63) is 110 Å². The van der Waals surface area contributed by atoms with E-state index in [2.05, 4.69) is 26.3 Å². The zero-order valence-electron chi connectivity index (χ0n) is 18.6. The molecule has 1 heterocycles. The first-order valence-corrected chi connectivity index (χ1v) is 11.7. The Kier molecular flexibility index (Phi) is 7.34. The molecule has 3 aromatic carbocycles. The predicted molar refractivity (Wildman–Crippen MR) is 135 cm³/mol. The second kappa shape index (κ2) is 10.4. The molecule has 0 saturated heterocycles. The molecule has 0 atom stereocenters. The lowest BCUT2D eigenvalue weighted by Crippen LogP contribution is -2.14. The third-order valence-electron chi connectivity index (χ3n) is 5.26. The highest BCUT2D eigenvalue weighted by Crippen LogP contribution is 2.25. The number of ether oxygens (including phenoxy) is 1. The van der Waals surface area contributed by atoms with Crippen molar-refractivity contribution in [2.45, 2.75) is 27.0 Å². The zero-order chi connectivity index (χ0) is 24.2. The van der Waals surface area contributed by atoms with Crippen molar-refractivity contribution in [3.8, 4) is 5.75 Å². The molecule has 0 aliphatic carbocycles. The lowest BCUT2D eigenvalue weighted by atomic mass is 10.1. The van der Waals surface area contributed by atoms with Gasteiger partial charge in [0.15, 0.2) is 5.82 Å². The van der Waals surface area contributed by atoms with Crippen molar-refractivity contribution in [1.82, 2.24) is 9.78 Å². The summed E-state index contributed by atoms with van der Waals surface area (Å²) in [5.74, 6) is 0.418. The minimum Gasteiger partial charge on any atom is -0.489 e. The van der Waals surface area contributed by atoms with Crippen LogP contribution >= 0.6 is 27.5 Å². The van der Waals surface area contributed by atoms with Gasteiger partial charge in [0, 0.05) is 22.3 Å². The SMILES string of the molecule is Cc1ccc(C)c(OCc2cccc(C(=O)Nc3nn(Cc4c(F)cccc4Cl)cc3Br)c2)c1. The summed E-state index contributed by atoms with van der Waals surface area (Å²) in [6.45, 7) is 4.48. The van der Waals surface area contributed by atoms with E-state index in [1.807, 2.05) is 44.2 Å². The number of rotatable bonds is 7. The Balaban J connectivity index is 1.44. The average molecular weight is 543 g/mol. The Morgan fingerprint density at radius 2 is 1.94 bits per heavy atom. The number of halogens is 3. The van der Waals surface area contributed by atoms with Crippen LogP contribution in [0.25, 0.3) is 0 Å². The van der Waals surface area contributed by atoms with Crippen molar-refractivity contribution in [2.24, 2.45) is 0 Å². The van der Waals surface area contributed by atoms with E-state index in [1.54, 1.807) is 30.5 Å². The van der Waals surface area contributed by atoms with E-state index < -0.39 is 5.82 Å². The summed E-state index contributed by atoms with van der Waals surface area (Å²) in [6, 6.07) is 17.8. The number of nitrogens with one attached hydrogen (secondary N) is 1.